The van der Waals surface area contributed by atoms with Crippen LogP contribution in [0.1, 0.15) is 11.4 Å². The van der Waals surface area contributed by atoms with Crippen molar-refractivity contribution >= 4 is 22.3 Å². The maximum atomic E-state index is 12.4. The lowest BCUT2D eigenvalue weighted by atomic mass is 10.2. The van der Waals surface area contributed by atoms with Gasteiger partial charge in [0.1, 0.15) is 5.01 Å². The molecule has 1 N–H and O–H groups in total. The molecular weight excluding hydrogens is 292 g/mol. The molecule has 0 amide bonds. The van der Waals surface area contributed by atoms with Crippen molar-refractivity contribution in [3.63, 3.8) is 0 Å². The van der Waals surface area contributed by atoms with Crippen LogP contribution in [-0.2, 0) is 11.2 Å². The highest BCUT2D eigenvalue weighted by atomic mass is 32.1. The molecule has 0 saturated carbocycles. The summed E-state index contributed by atoms with van der Waals surface area (Å²) in [7, 11) is 0. The Bertz CT molecular complexity index is 857. The Balaban J connectivity index is 2.05. The van der Waals surface area contributed by atoms with Crippen LogP contribution in [0.5, 0.6) is 0 Å². The standard InChI is InChI=1S/C13H10N4O3S/c18-10(19)7-6-9-16-17-12(20)11(14-15-13(17)21-9)8-4-2-1-3-5-8/h1-5H,6-7H2,(H,18,19). The number of nitrogens with zero attached hydrogens (tertiary/aromatic N) is 4. The van der Waals surface area contributed by atoms with Gasteiger partial charge in [-0.15, -0.1) is 10.2 Å². The quantitative estimate of drug-likeness (QED) is 0.778. The largest absolute Gasteiger partial charge is 0.481 e. The van der Waals surface area contributed by atoms with Crippen molar-refractivity contribution in [2.24, 2.45) is 0 Å². The third kappa shape index (κ3) is 2.65. The summed E-state index contributed by atoms with van der Waals surface area (Å²) < 4.78 is 1.18. The fourth-order valence-corrected chi connectivity index (χ4v) is 2.68. The highest BCUT2D eigenvalue weighted by Crippen LogP contribution is 2.15. The van der Waals surface area contributed by atoms with Gasteiger partial charge in [-0.25, -0.2) is 0 Å². The second-order valence-electron chi connectivity index (χ2n) is 4.30. The first-order valence-electron chi connectivity index (χ1n) is 6.18. The van der Waals surface area contributed by atoms with Crippen LogP contribution in [0, 0.1) is 0 Å². The summed E-state index contributed by atoms with van der Waals surface area (Å²) in [6, 6.07) is 9.01. The Morgan fingerprint density at radius 1 is 1.24 bits per heavy atom. The predicted octanol–water partition coefficient (Wildman–Crippen LogP) is 1.23. The molecule has 1 aromatic carbocycles. The Labute approximate surface area is 122 Å². The van der Waals surface area contributed by atoms with E-state index in [1.54, 1.807) is 12.1 Å². The molecule has 8 heteroatoms. The number of rotatable bonds is 4. The van der Waals surface area contributed by atoms with Gasteiger partial charge in [-0.05, 0) is 0 Å². The maximum Gasteiger partial charge on any atom is 0.303 e. The molecule has 106 valence electrons. The topological polar surface area (TPSA) is 97.4 Å². The number of benzene rings is 1. The molecular formula is C13H10N4O3S. The summed E-state index contributed by atoms with van der Waals surface area (Å²) in [5.41, 5.74) is 0.539. The molecule has 2 heterocycles. The summed E-state index contributed by atoms with van der Waals surface area (Å²) >= 11 is 1.17. The van der Waals surface area contributed by atoms with Crippen LogP contribution >= 0.6 is 11.3 Å². The first kappa shape index (κ1) is 13.4. The third-order valence-electron chi connectivity index (χ3n) is 2.83. The summed E-state index contributed by atoms with van der Waals surface area (Å²) in [6.45, 7) is 0. The first-order valence-corrected chi connectivity index (χ1v) is 6.99. The molecule has 0 spiro atoms. The van der Waals surface area contributed by atoms with Crippen LogP contribution < -0.4 is 5.56 Å². The van der Waals surface area contributed by atoms with Gasteiger partial charge in [0.2, 0.25) is 4.96 Å². The monoisotopic (exact) mass is 302 g/mol. The molecule has 0 aliphatic heterocycles. The lowest BCUT2D eigenvalue weighted by molar-refractivity contribution is -0.136. The molecule has 7 nitrogen and oxygen atoms in total. The number of aryl methyl sites for hydroxylation is 1. The van der Waals surface area contributed by atoms with Crippen LogP contribution in [0.15, 0.2) is 35.1 Å². The minimum Gasteiger partial charge on any atom is -0.481 e. The molecule has 2 aromatic heterocycles. The fourth-order valence-electron chi connectivity index (χ4n) is 1.85. The molecule has 0 atom stereocenters. The van der Waals surface area contributed by atoms with E-state index in [9.17, 15) is 9.59 Å². The van der Waals surface area contributed by atoms with E-state index >= 15 is 0 Å². The van der Waals surface area contributed by atoms with Crippen molar-refractivity contribution < 1.29 is 9.90 Å². The lowest BCUT2D eigenvalue weighted by Crippen LogP contribution is -2.19. The van der Waals surface area contributed by atoms with Gasteiger partial charge in [0.15, 0.2) is 5.69 Å². The zero-order chi connectivity index (χ0) is 14.8. The SMILES string of the molecule is O=C(O)CCc1nn2c(=O)c(-c3ccccc3)nnc2s1. The van der Waals surface area contributed by atoms with E-state index in [1.165, 1.54) is 15.9 Å². The van der Waals surface area contributed by atoms with E-state index in [0.717, 1.165) is 0 Å². The highest BCUT2D eigenvalue weighted by Gasteiger charge is 2.13. The van der Waals surface area contributed by atoms with Gasteiger partial charge in [0, 0.05) is 12.0 Å². The number of carboxylic acid groups (broad SMARTS) is 1. The Morgan fingerprint density at radius 3 is 2.71 bits per heavy atom. The average Bonchev–Trinajstić information content (AvgIpc) is 2.90. The van der Waals surface area contributed by atoms with Gasteiger partial charge < -0.3 is 5.11 Å². The van der Waals surface area contributed by atoms with Crippen molar-refractivity contribution in [1.29, 1.82) is 0 Å². The molecule has 0 bridgehead atoms. The zero-order valence-corrected chi connectivity index (χ0v) is 11.6. The number of aliphatic carboxylic acids is 1. The number of hydrogen-bond donors (Lipinski definition) is 1. The molecule has 0 aliphatic rings. The lowest BCUT2D eigenvalue weighted by Gasteiger charge is -1.97. The second-order valence-corrected chi connectivity index (χ2v) is 5.34. The van der Waals surface area contributed by atoms with Crippen LogP contribution in [-0.4, -0.2) is 30.9 Å². The number of carboxylic acids is 1. The number of hydrogen-bond acceptors (Lipinski definition) is 6. The van der Waals surface area contributed by atoms with Gasteiger partial charge in [-0.2, -0.15) is 9.61 Å². The van der Waals surface area contributed by atoms with Crippen LogP contribution in [0.25, 0.3) is 16.2 Å². The van der Waals surface area contributed by atoms with Crippen molar-refractivity contribution in [3.05, 3.63) is 45.7 Å². The molecule has 0 aliphatic carbocycles. The molecule has 0 fully saturated rings. The summed E-state index contributed by atoms with van der Waals surface area (Å²) in [5.74, 6) is -0.905. The van der Waals surface area contributed by atoms with Gasteiger partial charge in [0.05, 0.1) is 6.42 Å². The fraction of sp³-hybridized carbons (Fsp3) is 0.154. The molecule has 3 rings (SSSR count). The van der Waals surface area contributed by atoms with Gasteiger partial charge in [-0.3, -0.25) is 9.59 Å². The predicted molar refractivity (Wildman–Crippen MR) is 76.3 cm³/mol. The zero-order valence-electron chi connectivity index (χ0n) is 10.8. The molecule has 0 saturated heterocycles. The maximum absolute atomic E-state index is 12.4. The molecule has 0 unspecified atom stereocenters. The van der Waals surface area contributed by atoms with Gasteiger partial charge >= 0.3 is 11.5 Å². The normalized spacial score (nSPS) is 10.9. The Morgan fingerprint density at radius 2 is 2.00 bits per heavy atom. The van der Waals surface area contributed by atoms with Gasteiger partial charge in [-0.1, -0.05) is 41.7 Å². The molecule has 21 heavy (non-hydrogen) atoms. The number of fused-ring (bicyclic) bond motifs is 1. The minimum absolute atomic E-state index is 0.0342. The van der Waals surface area contributed by atoms with Crippen LogP contribution in [0.3, 0.4) is 0 Å². The van der Waals surface area contributed by atoms with E-state index in [2.05, 4.69) is 15.3 Å². The first-order chi connectivity index (χ1) is 10.1. The number of carbonyl (C=O) groups is 1. The summed E-state index contributed by atoms with van der Waals surface area (Å²) in [5, 5.41) is 21.3. The van der Waals surface area contributed by atoms with Crippen LogP contribution in [0.2, 0.25) is 0 Å². The van der Waals surface area contributed by atoms with E-state index in [1.807, 2.05) is 18.2 Å². The van der Waals surface area contributed by atoms with Crippen molar-refractivity contribution in [1.82, 2.24) is 19.8 Å². The van der Waals surface area contributed by atoms with Crippen LogP contribution in [0.4, 0.5) is 0 Å². The average molecular weight is 302 g/mol. The second kappa shape index (κ2) is 5.41. The minimum atomic E-state index is -0.905. The van der Waals surface area contributed by atoms with E-state index in [-0.39, 0.29) is 24.1 Å². The van der Waals surface area contributed by atoms with Crippen molar-refractivity contribution in [2.75, 3.05) is 0 Å². The molecule has 3 aromatic rings. The van der Waals surface area contributed by atoms with E-state index in [4.69, 9.17) is 5.11 Å². The Kier molecular flexibility index (Phi) is 3.44. The Hall–Kier alpha value is -2.61. The third-order valence-corrected chi connectivity index (χ3v) is 3.79. The highest BCUT2D eigenvalue weighted by molar-refractivity contribution is 7.16. The summed E-state index contributed by atoms with van der Waals surface area (Å²) in [4.78, 5) is 23.3. The smallest absolute Gasteiger partial charge is 0.303 e. The number of aromatic nitrogens is 4. The molecule has 0 radical (unpaired) electrons. The van der Waals surface area contributed by atoms with Gasteiger partial charge in [0.25, 0.3) is 0 Å². The van der Waals surface area contributed by atoms with E-state index in [0.29, 0.717) is 15.5 Å². The summed E-state index contributed by atoms with van der Waals surface area (Å²) in [6.07, 6.45) is 0.233. The van der Waals surface area contributed by atoms with Crippen molar-refractivity contribution in [2.45, 2.75) is 12.8 Å². The van der Waals surface area contributed by atoms with Crippen molar-refractivity contribution in [3.8, 4) is 11.3 Å². The van der Waals surface area contributed by atoms with E-state index < -0.39 is 5.97 Å².